The van der Waals surface area contributed by atoms with Crippen LogP contribution in [-0.2, 0) is 4.74 Å². The molecule has 2 N–H and O–H groups in total. The van der Waals surface area contributed by atoms with Crippen molar-refractivity contribution in [3.8, 4) is 0 Å². The molecule has 0 aromatic carbocycles. The highest BCUT2D eigenvalue weighted by molar-refractivity contribution is 5.68. The molecule has 1 fully saturated rings. The second kappa shape index (κ2) is 8.19. The molecule has 1 rings (SSSR count). The van der Waals surface area contributed by atoms with Crippen LogP contribution in [0.5, 0.6) is 0 Å². The first-order chi connectivity index (χ1) is 10.2. The van der Waals surface area contributed by atoms with E-state index < -0.39 is 5.60 Å². The Bertz CT molecular complexity index is 337. The largest absolute Gasteiger partial charge is 0.444 e. The van der Waals surface area contributed by atoms with Crippen molar-refractivity contribution in [2.24, 2.45) is 5.92 Å². The number of nitrogens with one attached hydrogen (secondary N) is 2. The Hall–Kier alpha value is -0.770. The molecular formula is C18H36N2O2. The van der Waals surface area contributed by atoms with Crippen LogP contribution in [-0.4, -0.2) is 29.8 Å². The van der Waals surface area contributed by atoms with E-state index in [-0.39, 0.29) is 11.6 Å². The minimum Gasteiger partial charge on any atom is -0.444 e. The fourth-order valence-corrected chi connectivity index (χ4v) is 3.04. The van der Waals surface area contributed by atoms with Gasteiger partial charge in [-0.1, -0.05) is 20.8 Å². The average Bonchev–Trinajstić information content (AvgIpc) is 2.43. The summed E-state index contributed by atoms with van der Waals surface area (Å²) in [5, 5.41) is 6.79. The van der Waals surface area contributed by atoms with Gasteiger partial charge in [-0.05, 0) is 65.2 Å². The van der Waals surface area contributed by atoms with E-state index >= 15 is 0 Å². The van der Waals surface area contributed by atoms with Crippen LogP contribution in [0.4, 0.5) is 4.79 Å². The molecule has 0 saturated heterocycles. The molecule has 0 spiro atoms. The smallest absolute Gasteiger partial charge is 0.408 e. The van der Waals surface area contributed by atoms with Gasteiger partial charge in [0.2, 0.25) is 0 Å². The third-order valence-corrected chi connectivity index (χ3v) is 4.86. The summed E-state index contributed by atoms with van der Waals surface area (Å²) < 4.78 is 5.42. The van der Waals surface area contributed by atoms with Gasteiger partial charge in [0.15, 0.2) is 0 Å². The first-order valence-electron chi connectivity index (χ1n) is 8.94. The third-order valence-electron chi connectivity index (χ3n) is 4.86. The standard InChI is InChI=1S/C18H36N2O2/c1-7-18(8-2,20-16(21)22-17(4,5)6)13-19-15-11-9-14(3)10-12-15/h14-15,19H,7-13H2,1-6H3,(H,20,21). The lowest BCUT2D eigenvalue weighted by molar-refractivity contribution is 0.0442. The zero-order valence-corrected chi connectivity index (χ0v) is 15.4. The van der Waals surface area contributed by atoms with Gasteiger partial charge in [-0.3, -0.25) is 0 Å². The van der Waals surface area contributed by atoms with Gasteiger partial charge in [-0.15, -0.1) is 0 Å². The van der Waals surface area contributed by atoms with E-state index in [9.17, 15) is 4.79 Å². The molecule has 4 heteroatoms. The summed E-state index contributed by atoms with van der Waals surface area (Å²) in [6, 6.07) is 0.592. The molecule has 0 aromatic heterocycles. The number of carbonyl (C=O) groups is 1. The van der Waals surface area contributed by atoms with Crippen LogP contribution in [0.1, 0.15) is 80.1 Å². The van der Waals surface area contributed by atoms with Gasteiger partial charge in [-0.2, -0.15) is 0 Å². The highest BCUT2D eigenvalue weighted by atomic mass is 16.6. The van der Waals surface area contributed by atoms with Crippen molar-refractivity contribution >= 4 is 6.09 Å². The molecule has 0 aliphatic heterocycles. The van der Waals surface area contributed by atoms with Crippen molar-refractivity contribution in [1.29, 1.82) is 0 Å². The number of ether oxygens (including phenoxy) is 1. The summed E-state index contributed by atoms with van der Waals surface area (Å²) in [5.41, 5.74) is -0.671. The van der Waals surface area contributed by atoms with E-state index in [2.05, 4.69) is 31.4 Å². The Labute approximate surface area is 136 Å². The molecule has 1 saturated carbocycles. The number of carbonyl (C=O) groups excluding carboxylic acids is 1. The highest BCUT2D eigenvalue weighted by Gasteiger charge is 2.31. The number of hydrogen-bond donors (Lipinski definition) is 2. The summed E-state index contributed by atoms with van der Waals surface area (Å²) in [7, 11) is 0. The van der Waals surface area contributed by atoms with E-state index in [4.69, 9.17) is 4.74 Å². The maximum absolute atomic E-state index is 12.1. The lowest BCUT2D eigenvalue weighted by Crippen LogP contribution is -2.56. The summed E-state index contributed by atoms with van der Waals surface area (Å²) >= 11 is 0. The number of rotatable bonds is 6. The summed E-state index contributed by atoms with van der Waals surface area (Å²) in [5.74, 6) is 0.861. The molecule has 22 heavy (non-hydrogen) atoms. The zero-order valence-electron chi connectivity index (χ0n) is 15.4. The Kier molecular flexibility index (Phi) is 7.17. The molecule has 0 aromatic rings. The summed E-state index contributed by atoms with van der Waals surface area (Å²) in [6.07, 6.45) is 6.60. The van der Waals surface area contributed by atoms with Gasteiger partial charge in [0.25, 0.3) is 0 Å². The fraction of sp³-hybridized carbons (Fsp3) is 0.944. The molecule has 0 radical (unpaired) electrons. The van der Waals surface area contributed by atoms with E-state index in [1.54, 1.807) is 0 Å². The topological polar surface area (TPSA) is 50.4 Å². The van der Waals surface area contributed by atoms with Crippen LogP contribution in [0.2, 0.25) is 0 Å². The molecule has 0 unspecified atom stereocenters. The third kappa shape index (κ3) is 6.55. The predicted octanol–water partition coefficient (Wildman–Crippen LogP) is 4.24. The lowest BCUT2D eigenvalue weighted by atomic mass is 9.86. The van der Waals surface area contributed by atoms with Crippen LogP contribution in [0.25, 0.3) is 0 Å². The molecule has 0 bridgehead atoms. The van der Waals surface area contributed by atoms with E-state index in [1.165, 1.54) is 25.7 Å². The van der Waals surface area contributed by atoms with E-state index in [0.29, 0.717) is 6.04 Å². The van der Waals surface area contributed by atoms with Gasteiger partial charge in [0.05, 0.1) is 5.54 Å². The molecular weight excluding hydrogens is 276 g/mol. The van der Waals surface area contributed by atoms with Crippen molar-refractivity contribution in [3.05, 3.63) is 0 Å². The van der Waals surface area contributed by atoms with Crippen molar-refractivity contribution < 1.29 is 9.53 Å². The molecule has 1 amide bonds. The van der Waals surface area contributed by atoms with Crippen LogP contribution in [0, 0.1) is 5.92 Å². The van der Waals surface area contributed by atoms with Crippen LogP contribution in [0.15, 0.2) is 0 Å². The Morgan fingerprint density at radius 3 is 2.09 bits per heavy atom. The number of hydrogen-bond acceptors (Lipinski definition) is 3. The zero-order chi connectivity index (χ0) is 16.8. The lowest BCUT2D eigenvalue weighted by Gasteiger charge is -2.36. The van der Waals surface area contributed by atoms with Gasteiger partial charge in [0.1, 0.15) is 5.60 Å². The second-order valence-electron chi connectivity index (χ2n) is 7.95. The first-order valence-corrected chi connectivity index (χ1v) is 8.94. The van der Waals surface area contributed by atoms with Crippen molar-refractivity contribution in [3.63, 3.8) is 0 Å². The SMILES string of the molecule is CCC(CC)(CNC1CCC(C)CC1)NC(=O)OC(C)(C)C. The second-order valence-corrected chi connectivity index (χ2v) is 7.95. The van der Waals surface area contributed by atoms with Crippen molar-refractivity contribution in [2.45, 2.75) is 97.2 Å². The Morgan fingerprint density at radius 2 is 1.64 bits per heavy atom. The summed E-state index contributed by atoms with van der Waals surface area (Å²) in [6.45, 7) is 13.1. The molecule has 1 aliphatic carbocycles. The molecule has 1 aliphatic rings. The minimum atomic E-state index is -0.454. The number of amides is 1. The summed E-state index contributed by atoms with van der Waals surface area (Å²) in [4.78, 5) is 12.1. The van der Waals surface area contributed by atoms with Gasteiger partial charge in [-0.25, -0.2) is 4.79 Å². The average molecular weight is 312 g/mol. The van der Waals surface area contributed by atoms with Crippen molar-refractivity contribution in [2.75, 3.05) is 6.54 Å². The predicted molar refractivity (Wildman–Crippen MR) is 92.1 cm³/mol. The quantitative estimate of drug-likeness (QED) is 0.771. The van der Waals surface area contributed by atoms with Gasteiger partial charge in [0, 0.05) is 12.6 Å². The Morgan fingerprint density at radius 1 is 1.09 bits per heavy atom. The van der Waals surface area contributed by atoms with Crippen molar-refractivity contribution in [1.82, 2.24) is 10.6 Å². The maximum Gasteiger partial charge on any atom is 0.408 e. The van der Waals surface area contributed by atoms with Gasteiger partial charge < -0.3 is 15.4 Å². The van der Waals surface area contributed by atoms with E-state index in [1.807, 2.05) is 20.8 Å². The van der Waals surface area contributed by atoms with Crippen LogP contribution < -0.4 is 10.6 Å². The molecule has 0 heterocycles. The minimum absolute atomic E-state index is 0.217. The van der Waals surface area contributed by atoms with Crippen LogP contribution in [0.3, 0.4) is 0 Å². The fourth-order valence-electron chi connectivity index (χ4n) is 3.04. The Balaban J connectivity index is 2.53. The van der Waals surface area contributed by atoms with E-state index in [0.717, 1.165) is 25.3 Å². The monoisotopic (exact) mass is 312 g/mol. The van der Waals surface area contributed by atoms with Gasteiger partial charge >= 0.3 is 6.09 Å². The van der Waals surface area contributed by atoms with Crippen LogP contribution >= 0.6 is 0 Å². The molecule has 0 atom stereocenters. The normalized spacial score (nSPS) is 23.2. The maximum atomic E-state index is 12.1. The number of alkyl carbamates (subject to hydrolysis) is 1. The molecule has 130 valence electrons. The first kappa shape index (κ1) is 19.3. The highest BCUT2D eigenvalue weighted by Crippen LogP contribution is 2.24. The molecule has 4 nitrogen and oxygen atoms in total.